The molecule has 0 bridgehead atoms. The number of methoxy groups -OCH3 is 1. The summed E-state index contributed by atoms with van der Waals surface area (Å²) < 4.78 is 85.4. The number of carbonyl (C=O) groups is 1. The van der Waals surface area contributed by atoms with Crippen molar-refractivity contribution < 1.29 is 35.9 Å². The summed E-state index contributed by atoms with van der Waals surface area (Å²) in [5.41, 5.74) is -5.20. The normalized spacial score (nSPS) is 12.6. The van der Waals surface area contributed by atoms with Crippen LogP contribution in [-0.4, -0.2) is 31.0 Å². The fourth-order valence-electron chi connectivity index (χ4n) is 2.03. The lowest BCUT2D eigenvalue weighted by Crippen LogP contribution is -2.72. The minimum absolute atomic E-state index is 0.159. The smallest absolute Gasteiger partial charge is 0.439 e. The fourth-order valence-corrected chi connectivity index (χ4v) is 2.03. The monoisotopic (exact) mass is 372 g/mol. The van der Waals surface area contributed by atoms with Gasteiger partial charge in [0.05, 0.1) is 12.8 Å². The first-order valence-corrected chi connectivity index (χ1v) is 7.34. The summed E-state index contributed by atoms with van der Waals surface area (Å²) in [5, 5.41) is 2.48. The van der Waals surface area contributed by atoms with Crippen molar-refractivity contribution in [1.82, 2.24) is 5.32 Å². The standard InChI is InChI=1S/C15H18F6N2O2/c1-3-4-9-12(24)23-13(14(16,17)18,15(19,20)21)22-10-7-5-6-8-11(10)25-2/h5-8,22H,3-4,9H2,1-2H3,(H,23,24). The van der Waals surface area contributed by atoms with Crippen molar-refractivity contribution in [2.24, 2.45) is 0 Å². The summed E-state index contributed by atoms with van der Waals surface area (Å²) in [5.74, 6) is -1.60. The van der Waals surface area contributed by atoms with Gasteiger partial charge in [0.25, 0.3) is 0 Å². The maximum atomic E-state index is 13.4. The molecule has 0 heterocycles. The molecule has 0 unspecified atom stereocenters. The van der Waals surface area contributed by atoms with Crippen LogP contribution in [0.5, 0.6) is 5.75 Å². The maximum absolute atomic E-state index is 13.4. The third-order valence-electron chi connectivity index (χ3n) is 3.36. The average molecular weight is 372 g/mol. The molecular formula is C15H18F6N2O2. The summed E-state index contributed by atoms with van der Waals surface area (Å²) in [6.45, 7) is 1.65. The van der Waals surface area contributed by atoms with Gasteiger partial charge in [-0.05, 0) is 18.6 Å². The molecular weight excluding hydrogens is 354 g/mol. The zero-order valence-electron chi connectivity index (χ0n) is 13.5. The average Bonchev–Trinajstić information content (AvgIpc) is 2.50. The van der Waals surface area contributed by atoms with E-state index < -0.39 is 36.0 Å². The first kappa shape index (κ1) is 20.9. The van der Waals surface area contributed by atoms with Gasteiger partial charge in [-0.15, -0.1) is 0 Å². The quantitative estimate of drug-likeness (QED) is 0.556. The Morgan fingerprint density at radius 1 is 1.08 bits per heavy atom. The zero-order chi connectivity index (χ0) is 19.3. The van der Waals surface area contributed by atoms with Gasteiger partial charge in [0.15, 0.2) is 0 Å². The van der Waals surface area contributed by atoms with E-state index in [-0.39, 0.29) is 12.2 Å². The minimum atomic E-state index is -5.85. The second kappa shape index (κ2) is 7.83. The van der Waals surface area contributed by atoms with Crippen molar-refractivity contribution in [3.8, 4) is 5.75 Å². The predicted molar refractivity (Wildman–Crippen MR) is 79.1 cm³/mol. The zero-order valence-corrected chi connectivity index (χ0v) is 13.5. The summed E-state index contributed by atoms with van der Waals surface area (Å²) >= 11 is 0. The Labute approximate surface area is 140 Å². The topological polar surface area (TPSA) is 50.4 Å². The number of para-hydroxylation sites is 2. The Bertz CT molecular complexity index is 572. The molecule has 0 spiro atoms. The molecule has 0 aliphatic carbocycles. The third-order valence-corrected chi connectivity index (χ3v) is 3.36. The van der Waals surface area contributed by atoms with Crippen LogP contribution in [0.3, 0.4) is 0 Å². The molecule has 0 aliphatic heterocycles. The highest BCUT2D eigenvalue weighted by Crippen LogP contribution is 2.44. The number of ether oxygens (including phenoxy) is 1. The number of anilines is 1. The van der Waals surface area contributed by atoms with Crippen molar-refractivity contribution in [3.63, 3.8) is 0 Å². The number of benzene rings is 1. The van der Waals surface area contributed by atoms with E-state index in [1.807, 2.05) is 0 Å². The molecule has 0 radical (unpaired) electrons. The molecule has 142 valence electrons. The lowest BCUT2D eigenvalue weighted by atomic mass is 10.1. The molecule has 4 nitrogen and oxygen atoms in total. The van der Waals surface area contributed by atoms with Crippen LogP contribution in [0.25, 0.3) is 0 Å². The Kier molecular flexibility index (Phi) is 6.55. The molecule has 25 heavy (non-hydrogen) atoms. The van der Waals surface area contributed by atoms with Crippen LogP contribution in [0.2, 0.25) is 0 Å². The molecule has 0 fully saturated rings. The van der Waals surface area contributed by atoms with Gasteiger partial charge >= 0.3 is 18.0 Å². The Balaban J connectivity index is 3.37. The van der Waals surface area contributed by atoms with Crippen molar-refractivity contribution in [3.05, 3.63) is 24.3 Å². The molecule has 1 aromatic rings. The van der Waals surface area contributed by atoms with E-state index in [0.717, 1.165) is 18.5 Å². The second-order valence-corrected chi connectivity index (χ2v) is 5.22. The molecule has 0 aliphatic rings. The van der Waals surface area contributed by atoms with Crippen LogP contribution >= 0.6 is 0 Å². The van der Waals surface area contributed by atoms with Crippen LogP contribution in [0.1, 0.15) is 26.2 Å². The molecule has 1 rings (SSSR count). The Hall–Kier alpha value is -2.13. The van der Waals surface area contributed by atoms with Crippen LogP contribution in [0.15, 0.2) is 24.3 Å². The van der Waals surface area contributed by atoms with Crippen molar-refractivity contribution in [1.29, 1.82) is 0 Å². The summed E-state index contributed by atoms with van der Waals surface area (Å²) in [6.07, 6.45) is -11.6. The third kappa shape index (κ3) is 4.70. The van der Waals surface area contributed by atoms with Gasteiger partial charge in [-0.3, -0.25) is 4.79 Å². The molecule has 0 atom stereocenters. The van der Waals surface area contributed by atoms with E-state index in [9.17, 15) is 31.1 Å². The Morgan fingerprint density at radius 2 is 1.64 bits per heavy atom. The SMILES string of the molecule is CCCCC(=O)NC(Nc1ccccc1OC)(C(F)(F)F)C(F)(F)F. The van der Waals surface area contributed by atoms with Crippen molar-refractivity contribution in [2.75, 3.05) is 12.4 Å². The van der Waals surface area contributed by atoms with Gasteiger partial charge in [-0.2, -0.15) is 26.3 Å². The van der Waals surface area contributed by atoms with Crippen LogP contribution < -0.4 is 15.4 Å². The number of alkyl halides is 6. The molecule has 0 aromatic heterocycles. The van der Waals surface area contributed by atoms with E-state index >= 15 is 0 Å². The number of rotatable bonds is 7. The van der Waals surface area contributed by atoms with Gasteiger partial charge in [0, 0.05) is 6.42 Å². The Morgan fingerprint density at radius 3 is 2.12 bits per heavy atom. The molecule has 10 heteroatoms. The molecule has 0 saturated carbocycles. The first-order chi connectivity index (χ1) is 11.5. The number of nitrogens with one attached hydrogen (secondary N) is 2. The van der Waals surface area contributed by atoms with Crippen LogP contribution in [-0.2, 0) is 4.79 Å². The van der Waals surface area contributed by atoms with Crippen LogP contribution in [0.4, 0.5) is 32.0 Å². The van der Waals surface area contributed by atoms with Gasteiger partial charge in [-0.1, -0.05) is 25.5 Å². The van der Waals surface area contributed by atoms with Crippen molar-refractivity contribution >= 4 is 11.6 Å². The number of unbranched alkanes of at least 4 members (excludes halogenated alkanes) is 1. The number of carbonyl (C=O) groups excluding carboxylic acids is 1. The van der Waals surface area contributed by atoms with Gasteiger partial charge in [0.2, 0.25) is 5.91 Å². The minimum Gasteiger partial charge on any atom is -0.495 e. The maximum Gasteiger partial charge on any atom is 0.439 e. The number of hydrogen-bond acceptors (Lipinski definition) is 3. The number of halogens is 6. The lowest BCUT2D eigenvalue weighted by Gasteiger charge is -2.39. The van der Waals surface area contributed by atoms with Gasteiger partial charge in [0.1, 0.15) is 5.75 Å². The highest BCUT2D eigenvalue weighted by atomic mass is 19.4. The number of amides is 1. The van der Waals surface area contributed by atoms with E-state index in [2.05, 4.69) is 0 Å². The van der Waals surface area contributed by atoms with Gasteiger partial charge < -0.3 is 15.4 Å². The number of hydrogen-bond donors (Lipinski definition) is 2. The predicted octanol–water partition coefficient (Wildman–Crippen LogP) is 4.23. The van der Waals surface area contributed by atoms with Crippen LogP contribution in [0, 0.1) is 0 Å². The molecule has 0 saturated heterocycles. The second-order valence-electron chi connectivity index (χ2n) is 5.22. The molecule has 1 aromatic carbocycles. The van der Waals surface area contributed by atoms with Crippen molar-refractivity contribution in [2.45, 2.75) is 44.2 Å². The lowest BCUT2D eigenvalue weighted by molar-refractivity contribution is -0.296. The molecule has 1 amide bonds. The summed E-state index contributed by atoms with van der Waals surface area (Å²) in [4.78, 5) is 11.7. The summed E-state index contributed by atoms with van der Waals surface area (Å²) in [7, 11) is 1.10. The highest BCUT2D eigenvalue weighted by molar-refractivity contribution is 5.78. The highest BCUT2D eigenvalue weighted by Gasteiger charge is 2.72. The largest absolute Gasteiger partial charge is 0.495 e. The first-order valence-electron chi connectivity index (χ1n) is 7.34. The van der Waals surface area contributed by atoms with E-state index in [1.54, 1.807) is 6.92 Å². The van der Waals surface area contributed by atoms with E-state index in [4.69, 9.17) is 4.74 Å². The summed E-state index contributed by atoms with van der Waals surface area (Å²) in [6, 6.07) is 4.80. The molecule has 2 N–H and O–H groups in total. The van der Waals surface area contributed by atoms with E-state index in [1.165, 1.54) is 23.5 Å². The van der Waals surface area contributed by atoms with Gasteiger partial charge in [-0.25, -0.2) is 0 Å². The fraction of sp³-hybridized carbons (Fsp3) is 0.533. The van der Waals surface area contributed by atoms with E-state index in [0.29, 0.717) is 6.42 Å².